The zero-order chi connectivity index (χ0) is 7.52. The summed E-state index contributed by atoms with van der Waals surface area (Å²) in [7, 11) is 0. The van der Waals surface area contributed by atoms with E-state index in [9.17, 15) is 0 Å². The molecule has 0 radical (unpaired) electrons. The molecule has 0 amide bonds. The minimum absolute atomic E-state index is 0. The molecule has 0 bridgehead atoms. The van der Waals surface area contributed by atoms with Gasteiger partial charge in [0.15, 0.2) is 0 Å². The van der Waals surface area contributed by atoms with Crippen molar-refractivity contribution in [3.8, 4) is 0 Å². The maximum Gasteiger partial charge on any atom is -0.147 e. The molecule has 5 heteroatoms. The topological polar surface area (TPSA) is 6.48 Å². The van der Waals surface area contributed by atoms with Gasteiger partial charge in [0.1, 0.15) is 0 Å². The average molecular weight is 261 g/mol. The van der Waals surface area contributed by atoms with Gasteiger partial charge in [0.2, 0.25) is 0 Å². The Balaban J connectivity index is 0.000000720. The SMILES string of the molecule is C1CC[N]([Ti][N]2CCCC2)C1.Cl.Cl. The first-order chi connectivity index (χ1) is 5.45. The van der Waals surface area contributed by atoms with E-state index in [4.69, 9.17) is 0 Å². The van der Waals surface area contributed by atoms with Crippen LogP contribution >= 0.6 is 24.8 Å². The Morgan fingerprint density at radius 3 is 1.23 bits per heavy atom. The number of rotatable bonds is 2. The van der Waals surface area contributed by atoms with Crippen molar-refractivity contribution in [3.05, 3.63) is 0 Å². The number of hydrogen-bond donors (Lipinski definition) is 0. The minimum atomic E-state index is 0. The van der Waals surface area contributed by atoms with Gasteiger partial charge >= 0.3 is 78.3 Å². The number of halogens is 2. The molecule has 2 aliphatic rings. The van der Waals surface area contributed by atoms with E-state index in [2.05, 4.69) is 6.76 Å². The van der Waals surface area contributed by atoms with E-state index in [1.54, 1.807) is 0 Å². The smallest absolute Gasteiger partial charge is 0.147 e. The molecule has 2 rings (SSSR count). The fraction of sp³-hybridized carbons (Fsp3) is 1.00. The van der Waals surface area contributed by atoms with E-state index in [0.29, 0.717) is 0 Å². The molecule has 0 aromatic carbocycles. The maximum absolute atomic E-state index is 2.71. The second kappa shape index (κ2) is 7.50. The van der Waals surface area contributed by atoms with Crippen LogP contribution in [0.15, 0.2) is 0 Å². The van der Waals surface area contributed by atoms with Crippen molar-refractivity contribution >= 4 is 24.8 Å². The summed E-state index contributed by atoms with van der Waals surface area (Å²) in [5, 5.41) is 0. The van der Waals surface area contributed by atoms with E-state index in [-0.39, 0.29) is 44.5 Å². The van der Waals surface area contributed by atoms with Gasteiger partial charge in [-0.05, 0) is 0 Å². The molecule has 0 aromatic heterocycles. The van der Waals surface area contributed by atoms with E-state index in [1.807, 2.05) is 0 Å². The molecule has 0 aromatic rings. The van der Waals surface area contributed by atoms with E-state index >= 15 is 0 Å². The van der Waals surface area contributed by atoms with Crippen LogP contribution in [-0.2, 0) is 19.7 Å². The Hall–Kier alpha value is 1.21. The Kier molecular flexibility index (Phi) is 8.20. The summed E-state index contributed by atoms with van der Waals surface area (Å²) in [6, 6.07) is 0. The van der Waals surface area contributed by atoms with E-state index in [0.717, 1.165) is 0 Å². The van der Waals surface area contributed by atoms with Crippen LogP contribution in [0.2, 0.25) is 0 Å². The summed E-state index contributed by atoms with van der Waals surface area (Å²) < 4.78 is 5.43. The van der Waals surface area contributed by atoms with Crippen LogP contribution in [-0.4, -0.2) is 32.9 Å². The molecule has 0 aliphatic carbocycles. The van der Waals surface area contributed by atoms with Crippen molar-refractivity contribution in [3.63, 3.8) is 0 Å². The summed E-state index contributed by atoms with van der Waals surface area (Å²) >= 11 is 0.153. The summed E-state index contributed by atoms with van der Waals surface area (Å²) in [5.74, 6) is 0. The first-order valence-corrected chi connectivity index (χ1v) is 6.11. The summed E-state index contributed by atoms with van der Waals surface area (Å²) in [4.78, 5) is 0. The van der Waals surface area contributed by atoms with Crippen LogP contribution in [0, 0.1) is 0 Å². The number of hydrogen-bond acceptors (Lipinski definition) is 2. The molecular weight excluding hydrogens is 243 g/mol. The van der Waals surface area contributed by atoms with Crippen molar-refractivity contribution < 1.29 is 19.7 Å². The molecule has 13 heavy (non-hydrogen) atoms. The van der Waals surface area contributed by atoms with Crippen LogP contribution in [0.1, 0.15) is 25.7 Å². The van der Waals surface area contributed by atoms with Crippen molar-refractivity contribution in [2.24, 2.45) is 0 Å². The fourth-order valence-corrected chi connectivity index (χ4v) is 4.07. The quantitative estimate of drug-likeness (QED) is 0.701. The largest absolute Gasteiger partial charge is 0.147 e. The third-order valence-electron chi connectivity index (χ3n) is 2.49. The molecular formula is C8H18Cl2N2Ti. The molecule has 2 nitrogen and oxygen atoms in total. The van der Waals surface area contributed by atoms with Gasteiger partial charge in [0.05, 0.1) is 0 Å². The zero-order valence-corrected chi connectivity index (χ0v) is 11.1. The van der Waals surface area contributed by atoms with Crippen LogP contribution < -0.4 is 0 Å². The van der Waals surface area contributed by atoms with Crippen LogP contribution in [0.25, 0.3) is 0 Å². The second-order valence-electron chi connectivity index (χ2n) is 3.49. The Labute approximate surface area is 103 Å². The first-order valence-electron chi connectivity index (χ1n) is 4.71. The predicted molar refractivity (Wildman–Crippen MR) is 56.1 cm³/mol. The maximum atomic E-state index is 2.71. The minimum Gasteiger partial charge on any atom is -0.147 e. The Morgan fingerprint density at radius 2 is 0.923 bits per heavy atom. The fourth-order valence-electron chi connectivity index (χ4n) is 1.83. The molecule has 0 unspecified atom stereocenters. The van der Waals surface area contributed by atoms with Crippen LogP contribution in [0.4, 0.5) is 0 Å². The first kappa shape index (κ1) is 14.2. The molecule has 2 fully saturated rings. The molecule has 0 saturated carbocycles. The van der Waals surface area contributed by atoms with Crippen LogP contribution in [0.5, 0.6) is 0 Å². The summed E-state index contributed by atoms with van der Waals surface area (Å²) in [6.45, 7) is 5.60. The van der Waals surface area contributed by atoms with Gasteiger partial charge in [0, 0.05) is 0 Å². The van der Waals surface area contributed by atoms with Gasteiger partial charge in [-0.2, -0.15) is 0 Å². The van der Waals surface area contributed by atoms with Crippen molar-refractivity contribution in [1.29, 1.82) is 0 Å². The zero-order valence-electron chi connectivity index (χ0n) is 7.87. The van der Waals surface area contributed by atoms with Crippen molar-refractivity contribution in [2.75, 3.05) is 26.2 Å². The Morgan fingerprint density at radius 1 is 0.615 bits per heavy atom. The summed E-state index contributed by atoms with van der Waals surface area (Å²) in [5.41, 5.74) is 0. The van der Waals surface area contributed by atoms with E-state index in [1.165, 1.54) is 51.9 Å². The predicted octanol–water partition coefficient (Wildman–Crippen LogP) is 1.93. The van der Waals surface area contributed by atoms with E-state index < -0.39 is 0 Å². The third-order valence-corrected chi connectivity index (χ3v) is 4.78. The summed E-state index contributed by atoms with van der Waals surface area (Å²) in [6.07, 6.45) is 5.82. The third kappa shape index (κ3) is 4.50. The molecule has 0 N–H and O–H groups in total. The molecule has 2 aliphatic heterocycles. The normalized spacial score (nSPS) is 23.7. The molecule has 2 saturated heterocycles. The van der Waals surface area contributed by atoms with Crippen molar-refractivity contribution in [2.45, 2.75) is 25.7 Å². The van der Waals surface area contributed by atoms with Gasteiger partial charge in [-0.15, -0.1) is 24.8 Å². The Bertz CT molecular complexity index is 111. The van der Waals surface area contributed by atoms with Crippen LogP contribution in [0.3, 0.4) is 0 Å². The van der Waals surface area contributed by atoms with Gasteiger partial charge in [-0.1, -0.05) is 0 Å². The standard InChI is InChI=1S/2C4H8N.2ClH.Ti/c2*1-2-4-5-3-1;;;/h2*1-4H2;2*1H;/q2*-1;;;+2. The van der Waals surface area contributed by atoms with Gasteiger partial charge in [-0.25, -0.2) is 0 Å². The van der Waals surface area contributed by atoms with Gasteiger partial charge in [-0.3, -0.25) is 0 Å². The second-order valence-corrected chi connectivity index (χ2v) is 5.78. The van der Waals surface area contributed by atoms with Gasteiger partial charge in [0.25, 0.3) is 0 Å². The molecule has 0 atom stereocenters. The van der Waals surface area contributed by atoms with Crippen molar-refractivity contribution in [1.82, 2.24) is 6.76 Å². The molecule has 78 valence electrons. The molecule has 2 heterocycles. The molecule has 0 spiro atoms. The van der Waals surface area contributed by atoms with Gasteiger partial charge < -0.3 is 0 Å². The monoisotopic (exact) mass is 260 g/mol. The average Bonchev–Trinajstić information content (AvgIpc) is 2.60. The number of nitrogens with zero attached hydrogens (tertiary/aromatic N) is 2.